The Kier molecular flexibility index (Phi) is 2.51. The molecule has 1 unspecified atom stereocenters. The lowest BCUT2D eigenvalue weighted by Gasteiger charge is -2.27. The van der Waals surface area contributed by atoms with Crippen molar-refractivity contribution >= 4 is 28.3 Å². The number of benzene rings is 2. The van der Waals surface area contributed by atoms with Gasteiger partial charge in [-0.3, -0.25) is 9.59 Å². The van der Waals surface area contributed by atoms with Crippen LogP contribution in [0.4, 0.5) is 5.69 Å². The number of nitrogens with zero attached hydrogens (tertiary/aromatic N) is 1. The highest BCUT2D eigenvalue weighted by molar-refractivity contribution is 6.26. The molecule has 3 saturated heterocycles. The second kappa shape index (κ2) is 4.25. The molecule has 4 atom stereocenters. The molecular formula is C20H19NO3. The van der Waals surface area contributed by atoms with Crippen LogP contribution in [-0.4, -0.2) is 23.0 Å². The number of ether oxygens (including phenoxy) is 1. The largest absolute Gasteiger partial charge is 0.367 e. The molecule has 0 radical (unpaired) electrons. The third kappa shape index (κ3) is 1.52. The third-order valence-electron chi connectivity index (χ3n) is 6.21. The molecule has 0 aliphatic carbocycles. The minimum Gasteiger partial charge on any atom is -0.367 e. The molecule has 0 spiro atoms. The highest BCUT2D eigenvalue weighted by atomic mass is 16.5. The molecule has 2 amide bonds. The first-order valence-corrected chi connectivity index (χ1v) is 8.50. The minimum absolute atomic E-state index is 0.104. The Labute approximate surface area is 140 Å². The standard InChI is InChI=1S/C20H19NO3/c1-19-10-11-20(2,24-19)16-15(19)17(22)21(18(16)23)14-9-5-7-12-6-3-4-8-13(12)14/h3-9,15-16H,10-11H2,1-2H3/t15-,16+,19-,20?/m1/s1. The van der Waals surface area contributed by atoms with Crippen molar-refractivity contribution in [2.45, 2.75) is 37.9 Å². The fraction of sp³-hybridized carbons (Fsp3) is 0.400. The van der Waals surface area contributed by atoms with E-state index in [0.29, 0.717) is 5.69 Å². The van der Waals surface area contributed by atoms with Crippen LogP contribution in [0.3, 0.4) is 0 Å². The van der Waals surface area contributed by atoms with E-state index in [1.165, 1.54) is 4.90 Å². The SMILES string of the molecule is CC12CC[C@@](C)(O1)[C@H]1C(=O)N(c3cccc4ccccc34)C(=O)[C@H]12. The predicted molar refractivity (Wildman–Crippen MR) is 90.6 cm³/mol. The van der Waals surface area contributed by atoms with Gasteiger partial charge in [-0.2, -0.15) is 0 Å². The fourth-order valence-electron chi connectivity index (χ4n) is 5.11. The molecule has 24 heavy (non-hydrogen) atoms. The Hall–Kier alpha value is -2.20. The molecule has 3 fully saturated rings. The molecule has 2 bridgehead atoms. The smallest absolute Gasteiger partial charge is 0.240 e. The van der Waals surface area contributed by atoms with E-state index in [9.17, 15) is 9.59 Å². The zero-order valence-electron chi connectivity index (χ0n) is 13.8. The monoisotopic (exact) mass is 321 g/mol. The topological polar surface area (TPSA) is 46.6 Å². The van der Waals surface area contributed by atoms with Gasteiger partial charge < -0.3 is 4.74 Å². The first-order chi connectivity index (χ1) is 11.4. The second-order valence-electron chi connectivity index (χ2n) is 7.69. The van der Waals surface area contributed by atoms with Crippen molar-refractivity contribution in [2.75, 3.05) is 4.90 Å². The molecule has 3 heterocycles. The summed E-state index contributed by atoms with van der Waals surface area (Å²) in [5.41, 5.74) is -0.319. The van der Waals surface area contributed by atoms with Gasteiger partial charge in [0.15, 0.2) is 0 Å². The van der Waals surface area contributed by atoms with E-state index >= 15 is 0 Å². The quantitative estimate of drug-likeness (QED) is 0.757. The van der Waals surface area contributed by atoms with E-state index in [4.69, 9.17) is 4.74 Å². The van der Waals surface area contributed by atoms with Gasteiger partial charge in [0.2, 0.25) is 11.8 Å². The first kappa shape index (κ1) is 14.2. The maximum absolute atomic E-state index is 13.2. The number of fused-ring (bicyclic) bond motifs is 6. The molecule has 4 heteroatoms. The maximum Gasteiger partial charge on any atom is 0.240 e. The zero-order valence-corrected chi connectivity index (χ0v) is 13.8. The maximum atomic E-state index is 13.2. The van der Waals surface area contributed by atoms with Gasteiger partial charge >= 0.3 is 0 Å². The number of carbonyl (C=O) groups excluding carboxylic acids is 2. The average molecular weight is 321 g/mol. The van der Waals surface area contributed by atoms with Crippen LogP contribution in [0.25, 0.3) is 10.8 Å². The summed E-state index contributed by atoms with van der Waals surface area (Å²) in [7, 11) is 0. The van der Waals surface area contributed by atoms with Crippen LogP contribution in [0.5, 0.6) is 0 Å². The lowest BCUT2D eigenvalue weighted by molar-refractivity contribution is -0.129. The summed E-state index contributed by atoms with van der Waals surface area (Å²) in [6.45, 7) is 3.97. The molecule has 3 aliphatic rings. The summed E-state index contributed by atoms with van der Waals surface area (Å²) in [5, 5.41) is 1.97. The lowest BCUT2D eigenvalue weighted by Crippen LogP contribution is -2.40. The molecule has 0 saturated carbocycles. The number of imide groups is 1. The lowest BCUT2D eigenvalue weighted by atomic mass is 9.69. The highest BCUT2D eigenvalue weighted by Crippen LogP contribution is 2.61. The van der Waals surface area contributed by atoms with Crippen molar-refractivity contribution in [1.82, 2.24) is 0 Å². The van der Waals surface area contributed by atoms with E-state index in [0.717, 1.165) is 23.6 Å². The van der Waals surface area contributed by atoms with Crippen molar-refractivity contribution in [1.29, 1.82) is 0 Å². The molecule has 122 valence electrons. The zero-order chi connectivity index (χ0) is 16.7. The van der Waals surface area contributed by atoms with E-state index < -0.39 is 11.2 Å². The van der Waals surface area contributed by atoms with Crippen molar-refractivity contribution < 1.29 is 14.3 Å². The van der Waals surface area contributed by atoms with Crippen LogP contribution in [0.1, 0.15) is 26.7 Å². The van der Waals surface area contributed by atoms with Crippen LogP contribution >= 0.6 is 0 Å². The van der Waals surface area contributed by atoms with Crippen molar-refractivity contribution in [3.05, 3.63) is 42.5 Å². The molecule has 2 aromatic carbocycles. The van der Waals surface area contributed by atoms with Gasteiger partial charge in [-0.05, 0) is 38.1 Å². The Bertz CT molecular complexity index is 867. The average Bonchev–Trinajstić information content (AvgIpc) is 3.11. The Morgan fingerprint density at radius 3 is 2.17 bits per heavy atom. The fourth-order valence-corrected chi connectivity index (χ4v) is 5.11. The molecule has 0 N–H and O–H groups in total. The van der Waals surface area contributed by atoms with Crippen molar-refractivity contribution in [2.24, 2.45) is 11.8 Å². The summed E-state index contributed by atoms with van der Waals surface area (Å²) >= 11 is 0. The minimum atomic E-state index is -0.508. The van der Waals surface area contributed by atoms with Crippen LogP contribution in [-0.2, 0) is 14.3 Å². The number of rotatable bonds is 1. The summed E-state index contributed by atoms with van der Waals surface area (Å²) in [4.78, 5) is 27.8. The Morgan fingerprint density at radius 1 is 0.917 bits per heavy atom. The number of anilines is 1. The normalized spacial score (nSPS) is 37.5. The Balaban J connectivity index is 1.69. The Morgan fingerprint density at radius 2 is 1.50 bits per heavy atom. The van der Waals surface area contributed by atoms with Crippen molar-refractivity contribution in [3.8, 4) is 0 Å². The molecule has 0 aromatic heterocycles. The molecule has 3 aliphatic heterocycles. The van der Waals surface area contributed by atoms with E-state index in [-0.39, 0.29) is 23.7 Å². The van der Waals surface area contributed by atoms with E-state index in [2.05, 4.69) is 0 Å². The van der Waals surface area contributed by atoms with Crippen LogP contribution in [0, 0.1) is 11.8 Å². The van der Waals surface area contributed by atoms with Crippen LogP contribution < -0.4 is 4.90 Å². The molecule has 2 aromatic rings. The number of carbonyl (C=O) groups is 2. The van der Waals surface area contributed by atoms with Gasteiger partial charge in [0.25, 0.3) is 0 Å². The van der Waals surface area contributed by atoms with Gasteiger partial charge in [-0.1, -0.05) is 36.4 Å². The van der Waals surface area contributed by atoms with Gasteiger partial charge in [0.1, 0.15) is 0 Å². The molecule has 4 nitrogen and oxygen atoms in total. The summed E-state index contributed by atoms with van der Waals surface area (Å²) in [6, 6.07) is 13.6. The summed E-state index contributed by atoms with van der Waals surface area (Å²) in [6.07, 6.45) is 1.68. The molecular weight excluding hydrogens is 302 g/mol. The van der Waals surface area contributed by atoms with Gasteiger partial charge in [0, 0.05) is 5.39 Å². The highest BCUT2D eigenvalue weighted by Gasteiger charge is 2.72. The first-order valence-electron chi connectivity index (χ1n) is 8.50. The number of hydrogen-bond donors (Lipinski definition) is 0. The third-order valence-corrected chi connectivity index (χ3v) is 6.21. The summed E-state index contributed by atoms with van der Waals surface area (Å²) in [5.74, 6) is -0.926. The number of hydrogen-bond acceptors (Lipinski definition) is 3. The predicted octanol–water partition coefficient (Wildman–Crippen LogP) is 3.29. The van der Waals surface area contributed by atoms with Gasteiger partial charge in [-0.25, -0.2) is 4.90 Å². The van der Waals surface area contributed by atoms with Crippen LogP contribution in [0.15, 0.2) is 42.5 Å². The van der Waals surface area contributed by atoms with E-state index in [1.807, 2.05) is 56.3 Å². The molecule has 5 rings (SSSR count). The van der Waals surface area contributed by atoms with Gasteiger partial charge in [-0.15, -0.1) is 0 Å². The van der Waals surface area contributed by atoms with Gasteiger partial charge in [0.05, 0.1) is 28.7 Å². The summed E-state index contributed by atoms with van der Waals surface area (Å²) < 4.78 is 6.16. The van der Waals surface area contributed by atoms with Crippen LogP contribution in [0.2, 0.25) is 0 Å². The van der Waals surface area contributed by atoms with E-state index in [1.54, 1.807) is 0 Å². The second-order valence-corrected chi connectivity index (χ2v) is 7.69. The van der Waals surface area contributed by atoms with Crippen molar-refractivity contribution in [3.63, 3.8) is 0 Å². The number of amides is 2.